The van der Waals surface area contributed by atoms with Crippen molar-refractivity contribution in [1.82, 2.24) is 9.62 Å². The molecule has 0 spiro atoms. The fraction of sp³-hybridized carbons (Fsp3) is 0.462. The van der Waals surface area contributed by atoms with Crippen molar-refractivity contribution in [3.05, 3.63) is 30.3 Å². The third kappa shape index (κ3) is 4.59. The van der Waals surface area contributed by atoms with Crippen molar-refractivity contribution in [2.24, 2.45) is 0 Å². The van der Waals surface area contributed by atoms with Gasteiger partial charge >= 0.3 is 0 Å². The van der Waals surface area contributed by atoms with E-state index in [2.05, 4.69) is 5.32 Å². The molecule has 1 N–H and O–H groups in total. The van der Waals surface area contributed by atoms with Gasteiger partial charge in [-0.2, -0.15) is 4.31 Å². The van der Waals surface area contributed by atoms with Crippen LogP contribution in [0.25, 0.3) is 0 Å². The van der Waals surface area contributed by atoms with E-state index in [1.165, 1.54) is 26.3 Å². The molecule has 7 heteroatoms. The molecule has 0 aliphatic heterocycles. The molecule has 0 saturated heterocycles. The first-order valence-electron chi connectivity index (χ1n) is 6.17. The molecule has 6 nitrogen and oxygen atoms in total. The fourth-order valence-corrected chi connectivity index (χ4v) is 2.82. The Balaban J connectivity index is 2.67. The first-order valence-corrected chi connectivity index (χ1v) is 7.61. The van der Waals surface area contributed by atoms with Crippen LogP contribution < -0.4 is 5.32 Å². The van der Waals surface area contributed by atoms with Crippen LogP contribution in [0.5, 0.6) is 0 Å². The van der Waals surface area contributed by atoms with Gasteiger partial charge in [0.1, 0.15) is 0 Å². The molecule has 0 fully saturated rings. The van der Waals surface area contributed by atoms with Crippen molar-refractivity contribution in [3.63, 3.8) is 0 Å². The summed E-state index contributed by atoms with van der Waals surface area (Å²) in [5.74, 6) is -0.364. The number of rotatable bonds is 7. The molecule has 0 bridgehead atoms. The molecule has 1 unspecified atom stereocenters. The first kappa shape index (κ1) is 16.6. The Morgan fingerprint density at radius 1 is 1.35 bits per heavy atom. The maximum absolute atomic E-state index is 12.2. The lowest BCUT2D eigenvalue weighted by molar-refractivity contribution is -0.122. The van der Waals surface area contributed by atoms with E-state index < -0.39 is 10.0 Å². The number of carbonyl (C=O) groups is 1. The summed E-state index contributed by atoms with van der Waals surface area (Å²) in [6.07, 6.45) is 0. The third-order valence-electron chi connectivity index (χ3n) is 2.64. The first-order chi connectivity index (χ1) is 9.37. The van der Waals surface area contributed by atoms with Gasteiger partial charge in [0.25, 0.3) is 0 Å². The molecule has 1 rings (SSSR count). The van der Waals surface area contributed by atoms with Crippen LogP contribution in [0.3, 0.4) is 0 Å². The van der Waals surface area contributed by atoms with Crippen LogP contribution in [-0.4, -0.2) is 52.0 Å². The van der Waals surface area contributed by atoms with Crippen molar-refractivity contribution >= 4 is 15.9 Å². The molecule has 1 atom stereocenters. The molecule has 20 heavy (non-hydrogen) atoms. The van der Waals surface area contributed by atoms with Gasteiger partial charge in [-0.15, -0.1) is 0 Å². The van der Waals surface area contributed by atoms with Gasteiger partial charge in [-0.1, -0.05) is 18.2 Å². The lowest BCUT2D eigenvalue weighted by Crippen LogP contribution is -2.43. The zero-order valence-corrected chi connectivity index (χ0v) is 12.7. The van der Waals surface area contributed by atoms with Crippen LogP contribution in [0.2, 0.25) is 0 Å². The van der Waals surface area contributed by atoms with E-state index in [9.17, 15) is 13.2 Å². The number of hydrogen-bond donors (Lipinski definition) is 1. The number of methoxy groups -OCH3 is 1. The Bertz CT molecular complexity index is 531. The molecular formula is C13H20N2O4S. The second kappa shape index (κ2) is 7.37. The quantitative estimate of drug-likeness (QED) is 0.793. The van der Waals surface area contributed by atoms with Crippen LogP contribution in [0.15, 0.2) is 35.2 Å². The fourth-order valence-electron chi connectivity index (χ4n) is 1.67. The second-order valence-corrected chi connectivity index (χ2v) is 6.54. The second-order valence-electron chi connectivity index (χ2n) is 4.50. The summed E-state index contributed by atoms with van der Waals surface area (Å²) >= 11 is 0. The van der Waals surface area contributed by atoms with Gasteiger partial charge in [-0.25, -0.2) is 8.42 Å². The van der Waals surface area contributed by atoms with Crippen molar-refractivity contribution in [2.45, 2.75) is 17.9 Å². The van der Waals surface area contributed by atoms with Crippen LogP contribution in [0, 0.1) is 0 Å². The van der Waals surface area contributed by atoms with Gasteiger partial charge in [0, 0.05) is 20.2 Å². The highest BCUT2D eigenvalue weighted by atomic mass is 32.2. The topological polar surface area (TPSA) is 75.7 Å². The lowest BCUT2D eigenvalue weighted by Gasteiger charge is -2.18. The summed E-state index contributed by atoms with van der Waals surface area (Å²) in [4.78, 5) is 11.9. The minimum atomic E-state index is -3.64. The molecule has 0 aliphatic rings. The standard InChI is InChI=1S/C13H20N2O4S/c1-11(10-19-3)14-13(16)9-15(2)20(17,18)12-7-5-4-6-8-12/h4-8,11H,9-10H2,1-3H3,(H,14,16). The minimum absolute atomic E-state index is 0.166. The van der Waals surface area contributed by atoms with Crippen molar-refractivity contribution in [3.8, 4) is 0 Å². The maximum atomic E-state index is 12.2. The zero-order valence-electron chi connectivity index (χ0n) is 11.9. The number of likely N-dealkylation sites (N-methyl/N-ethyl adjacent to an activating group) is 1. The molecule has 112 valence electrons. The predicted octanol–water partition coefficient (Wildman–Crippen LogP) is 0.458. The number of nitrogens with zero attached hydrogens (tertiary/aromatic N) is 1. The molecule has 0 aliphatic carbocycles. The van der Waals surface area contributed by atoms with E-state index in [4.69, 9.17) is 4.74 Å². The molecule has 0 aromatic heterocycles. The monoisotopic (exact) mass is 300 g/mol. The normalized spacial score (nSPS) is 13.2. The average molecular weight is 300 g/mol. The van der Waals surface area contributed by atoms with Gasteiger partial charge in [-0.3, -0.25) is 4.79 Å². The Labute approximate surface area is 119 Å². The number of carbonyl (C=O) groups excluding carboxylic acids is 1. The number of ether oxygens (including phenoxy) is 1. The molecule has 0 heterocycles. The van der Waals surface area contributed by atoms with E-state index in [1.807, 2.05) is 0 Å². The Morgan fingerprint density at radius 3 is 2.50 bits per heavy atom. The maximum Gasteiger partial charge on any atom is 0.243 e. The smallest absolute Gasteiger partial charge is 0.243 e. The number of amides is 1. The Morgan fingerprint density at radius 2 is 1.95 bits per heavy atom. The molecule has 0 saturated carbocycles. The highest BCUT2D eigenvalue weighted by Gasteiger charge is 2.22. The highest BCUT2D eigenvalue weighted by Crippen LogP contribution is 2.12. The summed E-state index contributed by atoms with van der Waals surface area (Å²) < 4.78 is 30.3. The summed E-state index contributed by atoms with van der Waals surface area (Å²) in [6, 6.07) is 7.84. The van der Waals surface area contributed by atoms with Gasteiger partial charge < -0.3 is 10.1 Å². The number of benzene rings is 1. The number of sulfonamides is 1. The summed E-state index contributed by atoms with van der Waals surface area (Å²) in [6.45, 7) is 1.93. The third-order valence-corrected chi connectivity index (χ3v) is 4.46. The average Bonchev–Trinajstić information content (AvgIpc) is 2.39. The highest BCUT2D eigenvalue weighted by molar-refractivity contribution is 7.89. The van der Waals surface area contributed by atoms with Crippen molar-refractivity contribution in [1.29, 1.82) is 0 Å². The summed E-state index contributed by atoms with van der Waals surface area (Å²) in [5.41, 5.74) is 0. The molecule has 1 aromatic rings. The van der Waals surface area contributed by atoms with Gasteiger partial charge in [-0.05, 0) is 19.1 Å². The minimum Gasteiger partial charge on any atom is -0.383 e. The largest absolute Gasteiger partial charge is 0.383 e. The van der Waals surface area contributed by atoms with Crippen LogP contribution in [0.4, 0.5) is 0 Å². The van der Waals surface area contributed by atoms with E-state index in [1.54, 1.807) is 25.1 Å². The van der Waals surface area contributed by atoms with Gasteiger partial charge in [0.15, 0.2) is 0 Å². The van der Waals surface area contributed by atoms with Crippen molar-refractivity contribution < 1.29 is 17.9 Å². The Kier molecular flexibility index (Phi) is 6.12. The van der Waals surface area contributed by atoms with Crippen LogP contribution >= 0.6 is 0 Å². The van der Waals surface area contributed by atoms with E-state index >= 15 is 0 Å². The molecule has 1 aromatic carbocycles. The van der Waals surface area contributed by atoms with Crippen LogP contribution in [-0.2, 0) is 19.6 Å². The number of nitrogens with one attached hydrogen (secondary N) is 1. The van der Waals surface area contributed by atoms with E-state index in [0.29, 0.717) is 6.61 Å². The van der Waals surface area contributed by atoms with Crippen molar-refractivity contribution in [2.75, 3.05) is 27.3 Å². The van der Waals surface area contributed by atoms with E-state index in [0.717, 1.165) is 4.31 Å². The SMILES string of the molecule is COCC(C)NC(=O)CN(C)S(=O)(=O)c1ccccc1. The zero-order chi connectivity index (χ0) is 15.2. The van der Waals surface area contributed by atoms with Gasteiger partial charge in [0.05, 0.1) is 18.0 Å². The van der Waals surface area contributed by atoms with Gasteiger partial charge in [0.2, 0.25) is 15.9 Å². The summed E-state index contributed by atoms with van der Waals surface area (Å²) in [5, 5.41) is 2.67. The predicted molar refractivity (Wildman–Crippen MR) is 75.7 cm³/mol. The lowest BCUT2D eigenvalue weighted by atomic mass is 10.3. The Hall–Kier alpha value is -1.44. The number of hydrogen-bond acceptors (Lipinski definition) is 4. The molecule has 1 amide bonds. The molecular weight excluding hydrogens is 280 g/mol. The van der Waals surface area contributed by atoms with E-state index in [-0.39, 0.29) is 23.4 Å². The summed E-state index contributed by atoms with van der Waals surface area (Å²) in [7, 11) is -0.727. The van der Waals surface area contributed by atoms with Crippen LogP contribution in [0.1, 0.15) is 6.92 Å². The molecule has 0 radical (unpaired) electrons.